The number of hydrogen-bond donors (Lipinski definition) is 2. The number of nitrogens with two attached hydrogens (primary N) is 1. The average Bonchev–Trinajstić information content (AvgIpc) is 2.97. The van der Waals surface area contributed by atoms with Crippen LogP contribution in [0.15, 0.2) is 18.2 Å². The number of rotatable bonds is 2. The van der Waals surface area contributed by atoms with Crippen molar-refractivity contribution in [2.24, 2.45) is 0 Å². The van der Waals surface area contributed by atoms with Crippen LogP contribution in [0.2, 0.25) is 0 Å². The van der Waals surface area contributed by atoms with Crippen LogP contribution < -0.4 is 11.1 Å². The summed E-state index contributed by atoms with van der Waals surface area (Å²) in [5.74, 6) is -0.0446. The number of anilines is 1. The lowest BCUT2D eigenvalue weighted by Gasteiger charge is -2.29. The first kappa shape index (κ1) is 14.9. The first-order valence-electron chi connectivity index (χ1n) is 8.02. The molecular formula is C17H23N3O2. The predicted molar refractivity (Wildman–Crippen MR) is 85.1 cm³/mol. The second-order valence-electron chi connectivity index (χ2n) is 6.28. The fraction of sp³-hybridized carbons (Fsp3) is 0.529. The van der Waals surface area contributed by atoms with Gasteiger partial charge in [-0.25, -0.2) is 0 Å². The Balaban J connectivity index is 1.74. The van der Waals surface area contributed by atoms with Gasteiger partial charge in [0, 0.05) is 19.2 Å². The Morgan fingerprint density at radius 1 is 1.27 bits per heavy atom. The summed E-state index contributed by atoms with van der Waals surface area (Å²) < 4.78 is 0. The molecule has 5 nitrogen and oxygen atoms in total. The van der Waals surface area contributed by atoms with Crippen molar-refractivity contribution in [1.82, 2.24) is 10.2 Å². The molecule has 118 valence electrons. The minimum Gasteiger partial charge on any atom is -0.399 e. The van der Waals surface area contributed by atoms with Gasteiger partial charge in [0.2, 0.25) is 11.8 Å². The maximum Gasteiger partial charge on any atom is 0.243 e. The number of carbonyl (C=O) groups is 2. The van der Waals surface area contributed by atoms with Gasteiger partial charge in [0.05, 0.1) is 6.04 Å². The fourth-order valence-corrected chi connectivity index (χ4v) is 3.67. The molecule has 1 aromatic carbocycles. The van der Waals surface area contributed by atoms with Gasteiger partial charge in [0.15, 0.2) is 0 Å². The highest BCUT2D eigenvalue weighted by molar-refractivity contribution is 5.87. The highest BCUT2D eigenvalue weighted by Gasteiger charge is 2.34. The van der Waals surface area contributed by atoms with Crippen LogP contribution in [-0.2, 0) is 16.0 Å². The summed E-state index contributed by atoms with van der Waals surface area (Å²) in [4.78, 5) is 25.9. The standard InChI is InChI=1S/C17H23N3O2/c1-11(21)20-9-3-6-16(20)17(22)19-15-5-2-4-12-10-13(18)7-8-14(12)15/h7-8,10,15-16H,2-6,9,18H2,1H3,(H,19,22). The van der Waals surface area contributed by atoms with Crippen LogP contribution in [-0.4, -0.2) is 29.3 Å². The van der Waals surface area contributed by atoms with Crippen LogP contribution in [0, 0.1) is 0 Å². The third kappa shape index (κ3) is 2.80. The van der Waals surface area contributed by atoms with E-state index in [0.29, 0.717) is 6.54 Å². The van der Waals surface area contributed by atoms with Crippen molar-refractivity contribution < 1.29 is 9.59 Å². The highest BCUT2D eigenvalue weighted by Crippen LogP contribution is 2.31. The number of likely N-dealkylation sites (tertiary alicyclic amines) is 1. The third-order valence-electron chi connectivity index (χ3n) is 4.76. The number of aryl methyl sites for hydroxylation is 1. The molecule has 0 bridgehead atoms. The first-order chi connectivity index (χ1) is 10.6. The van der Waals surface area contributed by atoms with E-state index in [1.54, 1.807) is 4.90 Å². The second-order valence-corrected chi connectivity index (χ2v) is 6.28. The highest BCUT2D eigenvalue weighted by atomic mass is 16.2. The summed E-state index contributed by atoms with van der Waals surface area (Å²) in [5, 5.41) is 3.15. The molecule has 3 N–H and O–H groups in total. The molecular weight excluding hydrogens is 278 g/mol. The number of hydrogen-bond acceptors (Lipinski definition) is 3. The summed E-state index contributed by atoms with van der Waals surface area (Å²) in [6, 6.07) is 5.64. The van der Waals surface area contributed by atoms with Crippen molar-refractivity contribution in [3.8, 4) is 0 Å². The van der Waals surface area contributed by atoms with Crippen LogP contribution in [0.3, 0.4) is 0 Å². The van der Waals surface area contributed by atoms with Crippen molar-refractivity contribution in [2.45, 2.75) is 51.1 Å². The van der Waals surface area contributed by atoms with Gasteiger partial charge in [-0.15, -0.1) is 0 Å². The van der Waals surface area contributed by atoms with Crippen molar-refractivity contribution in [3.63, 3.8) is 0 Å². The van der Waals surface area contributed by atoms with Crippen molar-refractivity contribution >= 4 is 17.5 Å². The van der Waals surface area contributed by atoms with Crippen LogP contribution >= 0.6 is 0 Å². The topological polar surface area (TPSA) is 75.4 Å². The number of carbonyl (C=O) groups excluding carboxylic acids is 2. The molecule has 0 spiro atoms. The van der Waals surface area contributed by atoms with Crippen LogP contribution in [0.5, 0.6) is 0 Å². The van der Waals surface area contributed by atoms with E-state index in [0.717, 1.165) is 37.8 Å². The van der Waals surface area contributed by atoms with Gasteiger partial charge in [-0.3, -0.25) is 9.59 Å². The van der Waals surface area contributed by atoms with Crippen molar-refractivity contribution in [1.29, 1.82) is 0 Å². The minimum absolute atomic E-state index is 0.0190. The molecule has 0 saturated carbocycles. The zero-order valence-electron chi connectivity index (χ0n) is 13.0. The first-order valence-corrected chi connectivity index (χ1v) is 8.02. The van der Waals surface area contributed by atoms with E-state index in [9.17, 15) is 9.59 Å². The lowest BCUT2D eigenvalue weighted by atomic mass is 9.87. The third-order valence-corrected chi connectivity index (χ3v) is 4.76. The van der Waals surface area contributed by atoms with Gasteiger partial charge in [-0.1, -0.05) is 6.07 Å². The number of amides is 2. The van der Waals surface area contributed by atoms with Gasteiger partial charge in [0.1, 0.15) is 6.04 Å². The van der Waals surface area contributed by atoms with Crippen LogP contribution in [0.4, 0.5) is 5.69 Å². The Hall–Kier alpha value is -2.04. The zero-order valence-corrected chi connectivity index (χ0v) is 13.0. The summed E-state index contributed by atoms with van der Waals surface area (Å²) in [6.45, 7) is 2.22. The zero-order chi connectivity index (χ0) is 15.7. The molecule has 1 aliphatic heterocycles. The van der Waals surface area contributed by atoms with E-state index >= 15 is 0 Å². The average molecular weight is 301 g/mol. The van der Waals surface area contributed by atoms with E-state index in [4.69, 9.17) is 5.73 Å². The molecule has 1 aliphatic carbocycles. The van der Waals surface area contributed by atoms with E-state index in [1.807, 2.05) is 18.2 Å². The van der Waals surface area contributed by atoms with E-state index in [-0.39, 0.29) is 23.9 Å². The summed E-state index contributed by atoms with van der Waals surface area (Å²) in [6.07, 6.45) is 4.65. The number of nitrogens with zero attached hydrogens (tertiary/aromatic N) is 1. The Labute approximate surface area is 130 Å². The number of nitrogens with one attached hydrogen (secondary N) is 1. The molecule has 1 fully saturated rings. The fourth-order valence-electron chi connectivity index (χ4n) is 3.67. The van der Waals surface area contributed by atoms with Crippen molar-refractivity contribution in [3.05, 3.63) is 29.3 Å². The quantitative estimate of drug-likeness (QED) is 0.818. The smallest absolute Gasteiger partial charge is 0.243 e. The molecule has 1 saturated heterocycles. The van der Waals surface area contributed by atoms with Crippen LogP contribution in [0.1, 0.15) is 49.8 Å². The molecule has 2 amide bonds. The number of nitrogen functional groups attached to an aromatic ring is 1. The van der Waals surface area contributed by atoms with E-state index in [2.05, 4.69) is 5.32 Å². The Morgan fingerprint density at radius 3 is 2.86 bits per heavy atom. The van der Waals surface area contributed by atoms with Crippen LogP contribution in [0.25, 0.3) is 0 Å². The summed E-state index contributed by atoms with van der Waals surface area (Å²) >= 11 is 0. The van der Waals surface area contributed by atoms with Gasteiger partial charge in [0.25, 0.3) is 0 Å². The summed E-state index contributed by atoms with van der Waals surface area (Å²) in [7, 11) is 0. The normalized spacial score (nSPS) is 24.0. The Morgan fingerprint density at radius 2 is 2.09 bits per heavy atom. The molecule has 1 heterocycles. The molecule has 0 aromatic heterocycles. The minimum atomic E-state index is -0.309. The molecule has 2 aliphatic rings. The molecule has 3 rings (SSSR count). The van der Waals surface area contributed by atoms with E-state index in [1.165, 1.54) is 18.1 Å². The molecule has 0 radical (unpaired) electrons. The Bertz CT molecular complexity index is 600. The maximum atomic E-state index is 12.6. The van der Waals surface area contributed by atoms with Gasteiger partial charge in [-0.2, -0.15) is 0 Å². The van der Waals surface area contributed by atoms with Gasteiger partial charge in [-0.05, 0) is 55.4 Å². The molecule has 22 heavy (non-hydrogen) atoms. The molecule has 2 unspecified atom stereocenters. The Kier molecular flexibility index (Phi) is 4.05. The lowest BCUT2D eigenvalue weighted by molar-refractivity contribution is -0.137. The monoisotopic (exact) mass is 301 g/mol. The largest absolute Gasteiger partial charge is 0.399 e. The van der Waals surface area contributed by atoms with E-state index < -0.39 is 0 Å². The van der Waals surface area contributed by atoms with Gasteiger partial charge < -0.3 is 16.0 Å². The molecule has 2 atom stereocenters. The maximum absolute atomic E-state index is 12.6. The second kappa shape index (κ2) is 5.99. The van der Waals surface area contributed by atoms with Gasteiger partial charge >= 0.3 is 0 Å². The predicted octanol–water partition coefficient (Wildman–Crippen LogP) is 1.77. The summed E-state index contributed by atoms with van der Waals surface area (Å²) in [5.41, 5.74) is 9.01. The molecule has 5 heteroatoms. The SMILES string of the molecule is CC(=O)N1CCCC1C(=O)NC1CCCc2cc(N)ccc21. The van der Waals surface area contributed by atoms with Crippen molar-refractivity contribution in [2.75, 3.05) is 12.3 Å². The number of fused-ring (bicyclic) bond motifs is 1. The lowest BCUT2D eigenvalue weighted by Crippen LogP contribution is -2.46. The number of benzene rings is 1. The molecule has 1 aromatic rings.